The van der Waals surface area contributed by atoms with Crippen molar-refractivity contribution in [2.24, 2.45) is 0 Å². The topological polar surface area (TPSA) is 15.3 Å². The lowest BCUT2D eigenvalue weighted by Gasteiger charge is -2.21. The third kappa shape index (κ3) is 3.13. The number of benzene rings is 2. The molecule has 0 aliphatic rings. The summed E-state index contributed by atoms with van der Waals surface area (Å²) in [7, 11) is 4.16. The average molecular weight is 268 g/mol. The summed E-state index contributed by atoms with van der Waals surface area (Å²) in [6, 6.07) is 15.4. The van der Waals surface area contributed by atoms with Crippen LogP contribution in [-0.4, -0.2) is 14.1 Å². The van der Waals surface area contributed by atoms with Gasteiger partial charge in [-0.05, 0) is 49.6 Å². The molecule has 20 heavy (non-hydrogen) atoms. The second-order valence-corrected chi connectivity index (χ2v) is 5.62. The summed E-state index contributed by atoms with van der Waals surface area (Å²) < 4.78 is 0. The van der Waals surface area contributed by atoms with Crippen molar-refractivity contribution in [3.63, 3.8) is 0 Å². The van der Waals surface area contributed by atoms with Gasteiger partial charge in [0.2, 0.25) is 0 Å². The molecule has 2 nitrogen and oxygen atoms in total. The van der Waals surface area contributed by atoms with Crippen molar-refractivity contribution >= 4 is 11.4 Å². The smallest absolute Gasteiger partial charge is 0.0488 e. The molecule has 0 amide bonds. The van der Waals surface area contributed by atoms with Crippen molar-refractivity contribution in [1.82, 2.24) is 0 Å². The second-order valence-electron chi connectivity index (χ2n) is 5.62. The highest BCUT2D eigenvalue weighted by Crippen LogP contribution is 2.26. The molecule has 0 fully saturated rings. The maximum atomic E-state index is 3.59. The fourth-order valence-electron chi connectivity index (χ4n) is 2.58. The van der Waals surface area contributed by atoms with E-state index < -0.39 is 0 Å². The molecular weight excluding hydrogens is 244 g/mol. The van der Waals surface area contributed by atoms with Crippen LogP contribution < -0.4 is 10.2 Å². The molecule has 0 bridgehead atoms. The lowest BCUT2D eigenvalue weighted by atomic mass is 10.0. The van der Waals surface area contributed by atoms with Crippen molar-refractivity contribution in [3.05, 3.63) is 59.2 Å². The van der Waals surface area contributed by atoms with Crippen molar-refractivity contribution in [1.29, 1.82) is 0 Å². The number of aryl methyl sites for hydroxylation is 2. The van der Waals surface area contributed by atoms with E-state index in [1.807, 2.05) is 0 Å². The molecule has 2 aromatic carbocycles. The van der Waals surface area contributed by atoms with Crippen LogP contribution in [0, 0.1) is 13.8 Å². The van der Waals surface area contributed by atoms with Gasteiger partial charge in [-0.3, -0.25) is 0 Å². The van der Waals surface area contributed by atoms with Crippen LogP contribution in [0.25, 0.3) is 0 Å². The molecule has 0 aliphatic carbocycles. The van der Waals surface area contributed by atoms with Crippen molar-refractivity contribution < 1.29 is 0 Å². The minimum Gasteiger partial charge on any atom is -0.378 e. The van der Waals surface area contributed by atoms with Crippen LogP contribution in [-0.2, 0) is 0 Å². The van der Waals surface area contributed by atoms with E-state index in [0.717, 1.165) is 5.69 Å². The molecule has 0 aliphatic heterocycles. The maximum Gasteiger partial charge on any atom is 0.0488 e. The van der Waals surface area contributed by atoms with Crippen molar-refractivity contribution in [2.75, 3.05) is 24.3 Å². The van der Waals surface area contributed by atoms with Gasteiger partial charge in [0.05, 0.1) is 0 Å². The van der Waals surface area contributed by atoms with Gasteiger partial charge in [0.15, 0.2) is 0 Å². The molecule has 0 saturated carbocycles. The number of hydrogen-bond donors (Lipinski definition) is 1. The molecular formula is C18H24N2. The van der Waals surface area contributed by atoms with Crippen LogP contribution in [0.4, 0.5) is 11.4 Å². The van der Waals surface area contributed by atoms with Gasteiger partial charge >= 0.3 is 0 Å². The van der Waals surface area contributed by atoms with Crippen LogP contribution in [0.15, 0.2) is 42.5 Å². The van der Waals surface area contributed by atoms with E-state index in [1.165, 1.54) is 22.4 Å². The lowest BCUT2D eigenvalue weighted by Crippen LogP contribution is -2.12. The Kier molecular flexibility index (Phi) is 4.33. The minimum atomic E-state index is 0.300. The molecule has 0 saturated heterocycles. The summed E-state index contributed by atoms with van der Waals surface area (Å²) in [4.78, 5) is 2.15. The van der Waals surface area contributed by atoms with Gasteiger partial charge in [-0.1, -0.05) is 30.3 Å². The Labute approximate surface area is 122 Å². The molecule has 2 heteroatoms. The molecule has 0 radical (unpaired) electrons. The first-order chi connectivity index (χ1) is 9.49. The van der Waals surface area contributed by atoms with E-state index in [1.54, 1.807) is 0 Å². The third-order valence-corrected chi connectivity index (χ3v) is 3.73. The summed E-state index contributed by atoms with van der Waals surface area (Å²) in [6.07, 6.45) is 0. The maximum absolute atomic E-state index is 3.59. The molecule has 1 atom stereocenters. The van der Waals surface area contributed by atoms with Gasteiger partial charge in [0.25, 0.3) is 0 Å². The van der Waals surface area contributed by atoms with Crippen molar-refractivity contribution in [2.45, 2.75) is 26.8 Å². The standard InChI is InChI=1S/C18H24N2/c1-13-8-6-7-9-17(13)15(3)19-16-11-10-14(2)18(12-16)20(4)5/h6-12,15,19H,1-5H3. The molecule has 0 heterocycles. The van der Waals surface area contributed by atoms with E-state index in [2.05, 4.69) is 87.5 Å². The zero-order valence-corrected chi connectivity index (χ0v) is 13.1. The van der Waals surface area contributed by atoms with Gasteiger partial charge in [-0.15, -0.1) is 0 Å². The summed E-state index contributed by atoms with van der Waals surface area (Å²) in [5, 5.41) is 3.59. The first-order valence-corrected chi connectivity index (χ1v) is 7.09. The van der Waals surface area contributed by atoms with Gasteiger partial charge in [-0.25, -0.2) is 0 Å². The molecule has 0 spiro atoms. The number of nitrogens with one attached hydrogen (secondary N) is 1. The van der Waals surface area contributed by atoms with E-state index >= 15 is 0 Å². The Morgan fingerprint density at radius 3 is 2.30 bits per heavy atom. The van der Waals surface area contributed by atoms with Crippen molar-refractivity contribution in [3.8, 4) is 0 Å². The summed E-state index contributed by atoms with van der Waals surface area (Å²) >= 11 is 0. The quantitative estimate of drug-likeness (QED) is 0.875. The fraction of sp³-hybridized carbons (Fsp3) is 0.333. The zero-order chi connectivity index (χ0) is 14.7. The second kappa shape index (κ2) is 6.00. The number of anilines is 2. The largest absolute Gasteiger partial charge is 0.378 e. The highest BCUT2D eigenvalue weighted by atomic mass is 15.1. The van der Waals surface area contributed by atoms with Crippen LogP contribution in [0.5, 0.6) is 0 Å². The van der Waals surface area contributed by atoms with Gasteiger partial charge in [-0.2, -0.15) is 0 Å². The summed E-state index contributed by atoms with van der Waals surface area (Å²) in [6.45, 7) is 6.51. The monoisotopic (exact) mass is 268 g/mol. The normalized spacial score (nSPS) is 12.1. The summed E-state index contributed by atoms with van der Waals surface area (Å²) in [5.74, 6) is 0. The number of rotatable bonds is 4. The predicted octanol–water partition coefficient (Wildman–Crippen LogP) is 4.54. The molecule has 2 aromatic rings. The Bertz CT molecular complexity index is 588. The van der Waals surface area contributed by atoms with Crippen LogP contribution in [0.3, 0.4) is 0 Å². The molecule has 2 rings (SSSR count). The zero-order valence-electron chi connectivity index (χ0n) is 13.1. The Morgan fingerprint density at radius 2 is 1.65 bits per heavy atom. The Hall–Kier alpha value is -1.96. The Morgan fingerprint density at radius 1 is 0.950 bits per heavy atom. The first kappa shape index (κ1) is 14.4. The van der Waals surface area contributed by atoms with E-state index in [0.29, 0.717) is 6.04 Å². The first-order valence-electron chi connectivity index (χ1n) is 7.09. The third-order valence-electron chi connectivity index (χ3n) is 3.73. The van der Waals surface area contributed by atoms with Gasteiger partial charge in [0, 0.05) is 31.5 Å². The molecule has 1 unspecified atom stereocenters. The molecule has 1 N–H and O–H groups in total. The van der Waals surface area contributed by atoms with Crippen LogP contribution in [0.2, 0.25) is 0 Å². The number of nitrogens with zero attached hydrogens (tertiary/aromatic N) is 1. The average Bonchev–Trinajstić information content (AvgIpc) is 2.41. The number of hydrogen-bond acceptors (Lipinski definition) is 2. The van der Waals surface area contributed by atoms with E-state index in [-0.39, 0.29) is 0 Å². The fourth-order valence-corrected chi connectivity index (χ4v) is 2.58. The SMILES string of the molecule is Cc1ccccc1C(C)Nc1ccc(C)c(N(C)C)c1. The van der Waals surface area contributed by atoms with Crippen LogP contribution >= 0.6 is 0 Å². The van der Waals surface area contributed by atoms with Crippen LogP contribution in [0.1, 0.15) is 29.7 Å². The Balaban J connectivity index is 2.22. The van der Waals surface area contributed by atoms with E-state index in [4.69, 9.17) is 0 Å². The van der Waals surface area contributed by atoms with E-state index in [9.17, 15) is 0 Å². The molecule has 0 aromatic heterocycles. The predicted molar refractivity (Wildman–Crippen MR) is 88.7 cm³/mol. The highest BCUT2D eigenvalue weighted by Gasteiger charge is 2.09. The highest BCUT2D eigenvalue weighted by molar-refractivity contribution is 5.62. The minimum absolute atomic E-state index is 0.300. The summed E-state index contributed by atoms with van der Waals surface area (Å²) in [5.41, 5.74) is 6.39. The molecule has 106 valence electrons. The van der Waals surface area contributed by atoms with Gasteiger partial charge < -0.3 is 10.2 Å². The lowest BCUT2D eigenvalue weighted by molar-refractivity contribution is 0.874. The van der Waals surface area contributed by atoms with Gasteiger partial charge in [0.1, 0.15) is 0 Å².